The third-order valence-corrected chi connectivity index (χ3v) is 3.62. The third kappa shape index (κ3) is 7.46. The summed E-state index contributed by atoms with van der Waals surface area (Å²) in [5.41, 5.74) is 1.16. The molecule has 2 N–H and O–H groups in total. The van der Waals surface area contributed by atoms with Crippen LogP contribution in [-0.4, -0.2) is 32.1 Å². The number of rotatable bonds is 8. The molecule has 1 fully saturated rings. The lowest BCUT2D eigenvalue weighted by molar-refractivity contribution is -0.121. The summed E-state index contributed by atoms with van der Waals surface area (Å²) in [4.78, 5) is 11.6. The molecule has 1 aliphatic rings. The van der Waals surface area contributed by atoms with E-state index in [1.54, 1.807) is 0 Å². The van der Waals surface area contributed by atoms with Gasteiger partial charge in [-0.15, -0.1) is 12.4 Å². The van der Waals surface area contributed by atoms with Crippen molar-refractivity contribution in [1.82, 2.24) is 10.6 Å². The number of carbonyl (C=O) groups excluding carboxylic acids is 1. The number of amides is 1. The van der Waals surface area contributed by atoms with Crippen molar-refractivity contribution < 1.29 is 9.53 Å². The summed E-state index contributed by atoms with van der Waals surface area (Å²) in [6.45, 7) is 3.91. The molecule has 1 aromatic rings. The zero-order chi connectivity index (χ0) is 14.0. The van der Waals surface area contributed by atoms with Crippen molar-refractivity contribution in [3.05, 3.63) is 35.9 Å². The Morgan fingerprint density at radius 1 is 1.33 bits per heavy atom. The minimum atomic E-state index is 0. The Bertz CT molecular complexity index is 395. The van der Waals surface area contributed by atoms with Crippen molar-refractivity contribution in [3.63, 3.8) is 0 Å². The lowest BCUT2D eigenvalue weighted by Gasteiger charge is -2.09. The highest BCUT2D eigenvalue weighted by molar-refractivity contribution is 5.85. The Balaban J connectivity index is 0.00000220. The van der Waals surface area contributed by atoms with Crippen LogP contribution in [0.15, 0.2) is 30.3 Å². The maximum Gasteiger partial charge on any atom is 0.220 e. The number of nitrogens with one attached hydrogen (secondary N) is 2. The molecule has 0 aliphatic carbocycles. The number of benzene rings is 1. The fourth-order valence-electron chi connectivity index (χ4n) is 2.41. The summed E-state index contributed by atoms with van der Waals surface area (Å²) in [5, 5.41) is 6.23. The Hall–Kier alpha value is -1.10. The number of hydrogen-bond donors (Lipinski definition) is 2. The van der Waals surface area contributed by atoms with E-state index in [0.29, 0.717) is 32.1 Å². The molecule has 1 aliphatic heterocycles. The molecular formula is C16H25ClN2O2. The van der Waals surface area contributed by atoms with E-state index in [4.69, 9.17) is 4.74 Å². The fourth-order valence-corrected chi connectivity index (χ4v) is 2.41. The van der Waals surface area contributed by atoms with Gasteiger partial charge in [0.2, 0.25) is 5.91 Å². The van der Waals surface area contributed by atoms with Crippen LogP contribution in [0.3, 0.4) is 0 Å². The quantitative estimate of drug-likeness (QED) is 0.723. The van der Waals surface area contributed by atoms with E-state index in [9.17, 15) is 4.79 Å². The Labute approximate surface area is 133 Å². The fraction of sp³-hybridized carbons (Fsp3) is 0.562. The summed E-state index contributed by atoms with van der Waals surface area (Å²) in [6.07, 6.45) is 2.82. The van der Waals surface area contributed by atoms with Crippen LogP contribution in [-0.2, 0) is 16.1 Å². The highest BCUT2D eigenvalue weighted by Gasteiger charge is 2.15. The molecule has 0 spiro atoms. The van der Waals surface area contributed by atoms with Crippen LogP contribution in [0.4, 0.5) is 0 Å². The maximum atomic E-state index is 11.6. The van der Waals surface area contributed by atoms with Crippen molar-refractivity contribution in [3.8, 4) is 0 Å². The van der Waals surface area contributed by atoms with Crippen molar-refractivity contribution in [2.24, 2.45) is 5.92 Å². The first-order chi connectivity index (χ1) is 9.84. The van der Waals surface area contributed by atoms with E-state index in [1.807, 2.05) is 30.3 Å². The summed E-state index contributed by atoms with van der Waals surface area (Å²) in [6, 6.07) is 10.1. The smallest absolute Gasteiger partial charge is 0.220 e. The van der Waals surface area contributed by atoms with Gasteiger partial charge < -0.3 is 15.4 Å². The molecule has 0 radical (unpaired) electrons. The molecule has 4 nitrogen and oxygen atoms in total. The normalized spacial score (nSPS) is 17.2. The molecule has 2 rings (SSSR count). The first-order valence-electron chi connectivity index (χ1n) is 7.43. The van der Waals surface area contributed by atoms with E-state index >= 15 is 0 Å². The molecular weight excluding hydrogens is 288 g/mol. The van der Waals surface area contributed by atoms with Gasteiger partial charge in [0.05, 0.1) is 13.2 Å². The van der Waals surface area contributed by atoms with Crippen molar-refractivity contribution in [2.75, 3.05) is 26.2 Å². The monoisotopic (exact) mass is 312 g/mol. The standard InChI is InChI=1S/C16H24N2O2.ClH/c19-16(7-6-14-8-9-17-12-14)18-10-11-20-13-15-4-2-1-3-5-15;/h1-5,14,17H,6-13H2,(H,18,19);1H. The average molecular weight is 313 g/mol. The van der Waals surface area contributed by atoms with Gasteiger partial charge in [-0.25, -0.2) is 0 Å². The lowest BCUT2D eigenvalue weighted by Crippen LogP contribution is -2.27. The first-order valence-corrected chi connectivity index (χ1v) is 7.43. The Morgan fingerprint density at radius 3 is 2.86 bits per heavy atom. The van der Waals surface area contributed by atoms with Crippen LogP contribution >= 0.6 is 12.4 Å². The van der Waals surface area contributed by atoms with Gasteiger partial charge >= 0.3 is 0 Å². The molecule has 118 valence electrons. The predicted molar refractivity (Wildman–Crippen MR) is 86.6 cm³/mol. The topological polar surface area (TPSA) is 50.4 Å². The van der Waals surface area contributed by atoms with Gasteiger partial charge in [0, 0.05) is 13.0 Å². The molecule has 0 bridgehead atoms. The lowest BCUT2D eigenvalue weighted by atomic mass is 10.0. The summed E-state index contributed by atoms with van der Waals surface area (Å²) < 4.78 is 5.52. The Morgan fingerprint density at radius 2 is 2.14 bits per heavy atom. The van der Waals surface area contributed by atoms with Crippen LogP contribution in [0.1, 0.15) is 24.8 Å². The van der Waals surface area contributed by atoms with Gasteiger partial charge in [0.15, 0.2) is 0 Å². The van der Waals surface area contributed by atoms with Crippen LogP contribution in [0.2, 0.25) is 0 Å². The molecule has 1 unspecified atom stereocenters. The van der Waals surface area contributed by atoms with Crippen molar-refractivity contribution in [1.29, 1.82) is 0 Å². The molecule has 1 heterocycles. The van der Waals surface area contributed by atoms with E-state index in [1.165, 1.54) is 6.42 Å². The van der Waals surface area contributed by atoms with Gasteiger partial charge in [-0.05, 0) is 37.4 Å². The maximum absolute atomic E-state index is 11.6. The molecule has 1 amide bonds. The summed E-state index contributed by atoms with van der Waals surface area (Å²) in [5.74, 6) is 0.815. The molecule has 0 aromatic heterocycles. The highest BCUT2D eigenvalue weighted by atomic mass is 35.5. The number of ether oxygens (including phenoxy) is 1. The number of carbonyl (C=O) groups is 1. The molecule has 1 atom stereocenters. The summed E-state index contributed by atoms with van der Waals surface area (Å²) >= 11 is 0. The zero-order valence-corrected chi connectivity index (χ0v) is 13.2. The van der Waals surface area contributed by atoms with E-state index in [2.05, 4.69) is 10.6 Å². The van der Waals surface area contributed by atoms with Crippen LogP contribution in [0.25, 0.3) is 0 Å². The van der Waals surface area contributed by atoms with Gasteiger partial charge in [-0.3, -0.25) is 4.79 Å². The largest absolute Gasteiger partial charge is 0.375 e. The van der Waals surface area contributed by atoms with Crippen molar-refractivity contribution >= 4 is 18.3 Å². The predicted octanol–water partition coefficient (Wildman–Crippen LogP) is 2.13. The highest BCUT2D eigenvalue weighted by Crippen LogP contribution is 2.13. The SMILES string of the molecule is Cl.O=C(CCC1CCNC1)NCCOCc1ccccc1. The molecule has 5 heteroatoms. The minimum absolute atomic E-state index is 0. The molecule has 1 saturated heterocycles. The van der Waals surface area contributed by atoms with E-state index in [0.717, 1.165) is 25.1 Å². The van der Waals surface area contributed by atoms with E-state index in [-0.39, 0.29) is 18.3 Å². The van der Waals surface area contributed by atoms with Crippen LogP contribution in [0.5, 0.6) is 0 Å². The zero-order valence-electron chi connectivity index (χ0n) is 12.3. The average Bonchev–Trinajstić information content (AvgIpc) is 2.99. The molecule has 1 aromatic carbocycles. The van der Waals surface area contributed by atoms with Crippen LogP contribution in [0, 0.1) is 5.92 Å². The second kappa shape index (κ2) is 10.6. The third-order valence-electron chi connectivity index (χ3n) is 3.62. The van der Waals surface area contributed by atoms with Crippen molar-refractivity contribution in [2.45, 2.75) is 25.9 Å². The first kappa shape index (κ1) is 18.0. The second-order valence-corrected chi connectivity index (χ2v) is 5.29. The second-order valence-electron chi connectivity index (χ2n) is 5.29. The molecule has 0 saturated carbocycles. The Kier molecular flexibility index (Phi) is 9.06. The minimum Gasteiger partial charge on any atom is -0.375 e. The van der Waals surface area contributed by atoms with Gasteiger partial charge in [0.25, 0.3) is 0 Å². The van der Waals surface area contributed by atoms with Gasteiger partial charge in [-0.2, -0.15) is 0 Å². The van der Waals surface area contributed by atoms with Crippen LogP contribution < -0.4 is 10.6 Å². The molecule has 21 heavy (non-hydrogen) atoms. The number of hydrogen-bond acceptors (Lipinski definition) is 3. The van der Waals surface area contributed by atoms with Gasteiger partial charge in [-0.1, -0.05) is 30.3 Å². The van der Waals surface area contributed by atoms with Gasteiger partial charge in [0.1, 0.15) is 0 Å². The summed E-state index contributed by atoms with van der Waals surface area (Å²) in [7, 11) is 0. The van der Waals surface area contributed by atoms with E-state index < -0.39 is 0 Å². The number of halogens is 1.